The molecule has 6 nitrogen and oxygen atoms in total. The van der Waals surface area contributed by atoms with Crippen LogP contribution in [0.2, 0.25) is 0 Å². The van der Waals surface area contributed by atoms with E-state index in [2.05, 4.69) is 15.1 Å². The van der Waals surface area contributed by atoms with Crippen molar-refractivity contribution in [1.82, 2.24) is 24.3 Å². The highest BCUT2D eigenvalue weighted by Crippen LogP contribution is 2.32. The molecule has 110 valence electrons. The Kier molecular flexibility index (Phi) is 2.85. The van der Waals surface area contributed by atoms with Crippen molar-refractivity contribution in [2.24, 2.45) is 14.1 Å². The molecule has 0 bridgehead atoms. The Morgan fingerprint density at radius 3 is 2.62 bits per heavy atom. The van der Waals surface area contributed by atoms with Crippen molar-refractivity contribution in [2.75, 3.05) is 0 Å². The average molecular weight is 297 g/mol. The SMILES string of the molecule is Cn1nc(Oc2nc3ccncc3n2C)cc1C(F)(F)F. The highest BCUT2D eigenvalue weighted by atomic mass is 19.4. The first-order valence-electron chi connectivity index (χ1n) is 5.92. The number of imidazole rings is 1. The first-order chi connectivity index (χ1) is 9.86. The molecule has 21 heavy (non-hydrogen) atoms. The van der Waals surface area contributed by atoms with Crippen molar-refractivity contribution in [2.45, 2.75) is 6.18 Å². The monoisotopic (exact) mass is 297 g/mol. The van der Waals surface area contributed by atoms with Crippen molar-refractivity contribution >= 4 is 11.0 Å². The van der Waals surface area contributed by atoms with Gasteiger partial charge in [-0.15, -0.1) is 5.10 Å². The minimum absolute atomic E-state index is 0.143. The number of aromatic nitrogens is 5. The molecule has 0 aromatic carbocycles. The van der Waals surface area contributed by atoms with Crippen LogP contribution in [0.5, 0.6) is 11.9 Å². The Morgan fingerprint density at radius 2 is 2.00 bits per heavy atom. The smallest absolute Gasteiger partial charge is 0.405 e. The van der Waals surface area contributed by atoms with E-state index >= 15 is 0 Å². The molecule has 3 aromatic rings. The van der Waals surface area contributed by atoms with E-state index in [4.69, 9.17) is 4.74 Å². The van der Waals surface area contributed by atoms with Gasteiger partial charge in [0.25, 0.3) is 0 Å². The van der Waals surface area contributed by atoms with Crippen LogP contribution in [0.1, 0.15) is 5.69 Å². The molecule has 0 spiro atoms. The summed E-state index contributed by atoms with van der Waals surface area (Å²) in [6.07, 6.45) is -1.32. The first-order valence-corrected chi connectivity index (χ1v) is 5.92. The third kappa shape index (κ3) is 2.30. The van der Waals surface area contributed by atoms with Crippen LogP contribution in [0.15, 0.2) is 24.5 Å². The van der Waals surface area contributed by atoms with Crippen molar-refractivity contribution in [3.63, 3.8) is 0 Å². The van der Waals surface area contributed by atoms with Crippen LogP contribution in [0, 0.1) is 0 Å². The minimum Gasteiger partial charge on any atom is -0.405 e. The number of hydrogen-bond donors (Lipinski definition) is 0. The van der Waals surface area contributed by atoms with Gasteiger partial charge in [-0.2, -0.15) is 18.2 Å². The van der Waals surface area contributed by atoms with Gasteiger partial charge in [0.2, 0.25) is 5.88 Å². The van der Waals surface area contributed by atoms with Crippen LogP contribution in [0.25, 0.3) is 11.0 Å². The van der Waals surface area contributed by atoms with E-state index in [1.807, 2.05) is 0 Å². The average Bonchev–Trinajstić information content (AvgIpc) is 2.92. The Balaban J connectivity index is 1.98. The molecular weight excluding hydrogens is 287 g/mol. The fraction of sp³-hybridized carbons (Fsp3) is 0.250. The fourth-order valence-corrected chi connectivity index (χ4v) is 1.95. The Labute approximate surface area is 116 Å². The van der Waals surface area contributed by atoms with Gasteiger partial charge in [-0.3, -0.25) is 14.2 Å². The number of aryl methyl sites for hydroxylation is 2. The lowest BCUT2D eigenvalue weighted by molar-refractivity contribution is -0.143. The van der Waals surface area contributed by atoms with E-state index in [0.717, 1.165) is 10.7 Å². The number of nitrogens with zero attached hydrogens (tertiary/aromatic N) is 5. The summed E-state index contributed by atoms with van der Waals surface area (Å²) in [7, 11) is 2.88. The van der Waals surface area contributed by atoms with Crippen molar-refractivity contribution < 1.29 is 17.9 Å². The van der Waals surface area contributed by atoms with Crippen molar-refractivity contribution in [1.29, 1.82) is 0 Å². The van der Waals surface area contributed by atoms with E-state index in [1.165, 1.54) is 7.05 Å². The van der Waals surface area contributed by atoms with E-state index < -0.39 is 11.9 Å². The summed E-state index contributed by atoms with van der Waals surface area (Å²) in [4.78, 5) is 8.14. The normalized spacial score (nSPS) is 12.0. The summed E-state index contributed by atoms with van der Waals surface area (Å²) < 4.78 is 45.8. The highest BCUT2D eigenvalue weighted by molar-refractivity contribution is 5.75. The molecule has 0 aliphatic carbocycles. The molecule has 3 rings (SSSR count). The third-order valence-corrected chi connectivity index (χ3v) is 2.99. The largest absolute Gasteiger partial charge is 0.433 e. The standard InChI is InChI=1S/C12H10F3N5O/c1-19-8-6-16-4-3-7(8)17-11(19)21-10-5-9(12(13,14)15)20(2)18-10/h3-6H,1-2H3. The highest BCUT2D eigenvalue weighted by Gasteiger charge is 2.35. The van der Waals surface area contributed by atoms with Crippen LogP contribution in [0.4, 0.5) is 13.2 Å². The molecule has 0 atom stereocenters. The predicted molar refractivity (Wildman–Crippen MR) is 66.8 cm³/mol. The number of fused-ring (bicyclic) bond motifs is 1. The molecule has 0 amide bonds. The quantitative estimate of drug-likeness (QED) is 0.729. The molecule has 0 saturated heterocycles. The number of rotatable bonds is 2. The van der Waals surface area contributed by atoms with E-state index in [0.29, 0.717) is 11.0 Å². The summed E-state index contributed by atoms with van der Waals surface area (Å²) in [5, 5.41) is 3.69. The number of pyridine rings is 1. The second-order valence-corrected chi connectivity index (χ2v) is 4.41. The summed E-state index contributed by atoms with van der Waals surface area (Å²) in [5.74, 6) is -0.170. The second-order valence-electron chi connectivity index (χ2n) is 4.41. The Morgan fingerprint density at radius 1 is 1.24 bits per heavy atom. The van der Waals surface area contributed by atoms with Gasteiger partial charge in [-0.05, 0) is 6.07 Å². The van der Waals surface area contributed by atoms with Gasteiger partial charge in [-0.25, -0.2) is 0 Å². The van der Waals surface area contributed by atoms with Crippen LogP contribution in [-0.4, -0.2) is 24.3 Å². The van der Waals surface area contributed by atoms with Gasteiger partial charge in [0.1, 0.15) is 5.69 Å². The Bertz CT molecular complexity index is 805. The maximum atomic E-state index is 12.7. The zero-order chi connectivity index (χ0) is 15.2. The maximum absolute atomic E-state index is 12.7. The molecule has 3 aromatic heterocycles. The fourth-order valence-electron chi connectivity index (χ4n) is 1.95. The molecule has 0 aliphatic heterocycles. The molecule has 3 heterocycles. The van der Waals surface area contributed by atoms with Crippen molar-refractivity contribution in [3.05, 3.63) is 30.2 Å². The van der Waals surface area contributed by atoms with E-state index in [-0.39, 0.29) is 11.9 Å². The van der Waals surface area contributed by atoms with Gasteiger partial charge in [-0.1, -0.05) is 0 Å². The van der Waals surface area contributed by atoms with Gasteiger partial charge in [0, 0.05) is 26.4 Å². The molecule has 0 fully saturated rings. The minimum atomic E-state index is -4.49. The number of alkyl halides is 3. The van der Waals surface area contributed by atoms with Gasteiger partial charge in [0.05, 0.1) is 17.2 Å². The summed E-state index contributed by atoms with van der Waals surface area (Å²) in [6, 6.07) is 2.66. The lowest BCUT2D eigenvalue weighted by Crippen LogP contribution is -2.11. The molecule has 0 radical (unpaired) electrons. The first kappa shape index (κ1) is 13.4. The molecule has 0 saturated carbocycles. The lowest BCUT2D eigenvalue weighted by atomic mass is 10.4. The number of halogens is 3. The molecule has 0 aliphatic rings. The molecule has 0 N–H and O–H groups in total. The van der Waals surface area contributed by atoms with Crippen LogP contribution in [-0.2, 0) is 20.3 Å². The predicted octanol–water partition coefficient (Wildman–Crippen LogP) is 2.51. The van der Waals surface area contributed by atoms with Crippen LogP contribution >= 0.6 is 0 Å². The van der Waals surface area contributed by atoms with Crippen LogP contribution in [0.3, 0.4) is 0 Å². The summed E-state index contributed by atoms with van der Waals surface area (Å²) in [6.45, 7) is 0. The summed E-state index contributed by atoms with van der Waals surface area (Å²) >= 11 is 0. The maximum Gasteiger partial charge on any atom is 0.433 e. The van der Waals surface area contributed by atoms with E-state index in [1.54, 1.807) is 30.1 Å². The Hall–Kier alpha value is -2.58. The zero-order valence-corrected chi connectivity index (χ0v) is 11.1. The third-order valence-electron chi connectivity index (χ3n) is 2.99. The number of ether oxygens (including phenoxy) is 1. The van der Waals surface area contributed by atoms with Gasteiger partial charge < -0.3 is 4.74 Å². The topological polar surface area (TPSA) is 57.8 Å². The molecular formula is C12H10F3N5O. The van der Waals surface area contributed by atoms with Gasteiger partial charge >= 0.3 is 12.2 Å². The van der Waals surface area contributed by atoms with Gasteiger partial charge in [0.15, 0.2) is 0 Å². The lowest BCUT2D eigenvalue weighted by Gasteiger charge is -2.04. The summed E-state index contributed by atoms with van der Waals surface area (Å²) in [5.41, 5.74) is 0.451. The number of hydrogen-bond acceptors (Lipinski definition) is 4. The van der Waals surface area contributed by atoms with E-state index in [9.17, 15) is 13.2 Å². The second kappa shape index (κ2) is 4.47. The van der Waals surface area contributed by atoms with Crippen molar-refractivity contribution in [3.8, 4) is 11.9 Å². The molecule has 0 unspecified atom stereocenters. The zero-order valence-electron chi connectivity index (χ0n) is 11.1. The molecule has 9 heteroatoms. The van der Waals surface area contributed by atoms with Crippen LogP contribution < -0.4 is 4.74 Å².